The molecule has 0 fully saturated rings. The first-order valence-corrected chi connectivity index (χ1v) is 9.07. The fourth-order valence-electron chi connectivity index (χ4n) is 2.56. The highest BCUT2D eigenvalue weighted by atomic mass is 32.1. The summed E-state index contributed by atoms with van der Waals surface area (Å²) in [6.45, 7) is 5.37. The number of para-hydroxylation sites is 1. The maximum atomic E-state index is 12.8. The second-order valence-electron chi connectivity index (χ2n) is 6.91. The Morgan fingerprint density at radius 1 is 1.33 bits per heavy atom. The van der Waals surface area contributed by atoms with E-state index in [9.17, 15) is 14.7 Å². The Bertz CT molecular complexity index is 1000. The number of H-pyrrole nitrogens is 1. The number of aliphatic hydroxyl groups excluding tert-OH is 1. The van der Waals surface area contributed by atoms with Crippen LogP contribution in [0.5, 0.6) is 0 Å². The molecule has 1 unspecified atom stereocenters. The van der Waals surface area contributed by atoms with Gasteiger partial charge in [-0.25, -0.2) is 15.2 Å². The van der Waals surface area contributed by atoms with Crippen molar-refractivity contribution in [3.63, 3.8) is 0 Å². The van der Waals surface area contributed by atoms with Crippen molar-refractivity contribution in [1.82, 2.24) is 15.4 Å². The van der Waals surface area contributed by atoms with Crippen LogP contribution in [-0.2, 0) is 4.74 Å². The van der Waals surface area contributed by atoms with Gasteiger partial charge < -0.3 is 14.8 Å². The number of esters is 1. The zero-order chi connectivity index (χ0) is 19.8. The Balaban J connectivity index is 1.97. The monoisotopic (exact) mass is 388 g/mol. The lowest BCUT2D eigenvalue weighted by Crippen LogP contribution is -2.27. The molecule has 0 aliphatic carbocycles. The van der Waals surface area contributed by atoms with Crippen molar-refractivity contribution in [3.8, 4) is 0 Å². The predicted molar refractivity (Wildman–Crippen MR) is 101 cm³/mol. The zero-order valence-corrected chi connectivity index (χ0v) is 15.9. The van der Waals surface area contributed by atoms with Crippen LogP contribution < -0.4 is 11.3 Å². The van der Waals surface area contributed by atoms with E-state index in [2.05, 4.69) is 15.4 Å². The van der Waals surface area contributed by atoms with Crippen LogP contribution in [-0.4, -0.2) is 32.4 Å². The number of benzene rings is 1. The van der Waals surface area contributed by atoms with E-state index < -0.39 is 17.8 Å². The molecule has 5 N–H and O–H groups in total. The van der Waals surface area contributed by atoms with E-state index in [4.69, 9.17) is 10.6 Å². The number of ketones is 1. The van der Waals surface area contributed by atoms with Crippen molar-refractivity contribution >= 4 is 34.0 Å². The molecule has 0 radical (unpaired) electrons. The molecular weight excluding hydrogens is 368 g/mol. The number of aliphatic hydroxyl groups is 1. The largest absolute Gasteiger partial charge is 0.456 e. The van der Waals surface area contributed by atoms with E-state index in [0.717, 1.165) is 11.3 Å². The molecule has 27 heavy (non-hydrogen) atoms. The number of carbonyl (C=O) groups is 2. The minimum absolute atomic E-state index is 0.211. The van der Waals surface area contributed by atoms with E-state index in [1.165, 1.54) is 0 Å². The van der Waals surface area contributed by atoms with Gasteiger partial charge in [0, 0.05) is 17.0 Å². The summed E-state index contributed by atoms with van der Waals surface area (Å²) in [6, 6.07) is 5.09. The topological polar surface area (TPSA) is 130 Å². The standard InChI is InChI=1S/C18H20N4O4S/c1-18(2,3)26-17(25)10-6-4-5-9-11(7-20-13(9)10)14(23)16-21-12(8-27-16)15(24)22-19/h4-8,15,20,22,24H,19H2,1-3H3. The van der Waals surface area contributed by atoms with E-state index >= 15 is 0 Å². The average molecular weight is 388 g/mol. The first-order valence-electron chi connectivity index (χ1n) is 8.19. The number of nitrogens with zero attached hydrogens (tertiary/aromatic N) is 1. The molecule has 1 aromatic carbocycles. The van der Waals surface area contributed by atoms with E-state index in [1.807, 2.05) is 0 Å². The van der Waals surface area contributed by atoms with Crippen molar-refractivity contribution in [3.05, 3.63) is 51.6 Å². The normalized spacial score (nSPS) is 12.9. The maximum Gasteiger partial charge on any atom is 0.340 e. The summed E-state index contributed by atoms with van der Waals surface area (Å²) in [6.07, 6.45) is 0.393. The van der Waals surface area contributed by atoms with E-state index in [0.29, 0.717) is 22.0 Å². The van der Waals surface area contributed by atoms with Crippen LogP contribution in [0.4, 0.5) is 0 Å². The summed E-state index contributed by atoms with van der Waals surface area (Å²) in [4.78, 5) is 32.4. The molecule has 0 amide bonds. The fraction of sp³-hybridized carbons (Fsp3) is 0.278. The SMILES string of the molecule is CC(C)(C)OC(=O)c1cccc2c(C(=O)c3nc(C(O)NN)cs3)c[nH]c12. The van der Waals surface area contributed by atoms with Crippen molar-refractivity contribution in [2.75, 3.05) is 0 Å². The molecule has 0 bridgehead atoms. The number of fused-ring (bicyclic) bond motifs is 1. The first-order chi connectivity index (χ1) is 12.7. The molecule has 2 aromatic heterocycles. The Morgan fingerprint density at radius 3 is 2.74 bits per heavy atom. The Morgan fingerprint density at radius 2 is 2.07 bits per heavy atom. The Labute approximate surface area is 159 Å². The van der Waals surface area contributed by atoms with Crippen LogP contribution in [0, 0.1) is 0 Å². The van der Waals surface area contributed by atoms with Gasteiger partial charge in [-0.05, 0) is 26.8 Å². The summed E-state index contributed by atoms with van der Waals surface area (Å²) >= 11 is 1.10. The van der Waals surface area contributed by atoms with Crippen LogP contribution in [0.2, 0.25) is 0 Å². The van der Waals surface area contributed by atoms with Crippen LogP contribution in [0.1, 0.15) is 58.4 Å². The number of hydrazine groups is 1. The minimum Gasteiger partial charge on any atom is -0.456 e. The van der Waals surface area contributed by atoms with Gasteiger partial charge in [0.1, 0.15) is 5.60 Å². The highest BCUT2D eigenvalue weighted by Gasteiger charge is 2.24. The number of thiazole rings is 1. The molecule has 3 rings (SSSR count). The maximum absolute atomic E-state index is 12.8. The van der Waals surface area contributed by atoms with Crippen LogP contribution in [0.3, 0.4) is 0 Å². The fourth-order valence-corrected chi connectivity index (χ4v) is 3.35. The summed E-state index contributed by atoms with van der Waals surface area (Å²) in [7, 11) is 0. The second kappa shape index (κ2) is 7.20. The van der Waals surface area contributed by atoms with Gasteiger partial charge in [-0.15, -0.1) is 11.3 Å². The van der Waals surface area contributed by atoms with Gasteiger partial charge in [-0.1, -0.05) is 12.1 Å². The Kier molecular flexibility index (Phi) is 5.11. The van der Waals surface area contributed by atoms with Crippen molar-refractivity contribution in [1.29, 1.82) is 0 Å². The van der Waals surface area contributed by atoms with Crippen LogP contribution >= 0.6 is 11.3 Å². The third-order valence-corrected chi connectivity index (χ3v) is 4.59. The lowest BCUT2D eigenvalue weighted by atomic mass is 10.1. The molecule has 1 atom stereocenters. The average Bonchev–Trinajstić information content (AvgIpc) is 3.25. The molecule has 3 aromatic rings. The number of nitrogens with two attached hydrogens (primary N) is 1. The lowest BCUT2D eigenvalue weighted by molar-refractivity contribution is 0.00715. The molecule has 9 heteroatoms. The van der Waals surface area contributed by atoms with E-state index in [1.54, 1.807) is 50.5 Å². The molecule has 142 valence electrons. The molecule has 0 aliphatic heterocycles. The van der Waals surface area contributed by atoms with Crippen LogP contribution in [0.15, 0.2) is 29.8 Å². The van der Waals surface area contributed by atoms with Gasteiger partial charge in [0.15, 0.2) is 11.2 Å². The number of aromatic amines is 1. The molecule has 0 aliphatic rings. The number of aromatic nitrogens is 2. The number of hydrogen-bond donors (Lipinski definition) is 4. The van der Waals surface area contributed by atoms with Gasteiger partial charge in [-0.3, -0.25) is 10.6 Å². The number of hydrogen-bond acceptors (Lipinski definition) is 8. The molecular formula is C18H20N4O4S. The van der Waals surface area contributed by atoms with Crippen LogP contribution in [0.25, 0.3) is 10.9 Å². The first kappa shape index (κ1) is 19.2. The summed E-state index contributed by atoms with van der Waals surface area (Å²) < 4.78 is 5.43. The van der Waals surface area contributed by atoms with E-state index in [-0.39, 0.29) is 16.5 Å². The van der Waals surface area contributed by atoms with Gasteiger partial charge in [0.2, 0.25) is 5.78 Å². The molecule has 0 spiro atoms. The molecule has 8 nitrogen and oxygen atoms in total. The third-order valence-electron chi connectivity index (χ3n) is 3.73. The quantitative estimate of drug-likeness (QED) is 0.173. The smallest absolute Gasteiger partial charge is 0.340 e. The van der Waals surface area contributed by atoms with Gasteiger partial charge in [0.25, 0.3) is 0 Å². The summed E-state index contributed by atoms with van der Waals surface area (Å²) in [5.74, 6) is 4.39. The van der Waals surface area contributed by atoms with Crippen molar-refractivity contribution in [2.45, 2.75) is 32.6 Å². The zero-order valence-electron chi connectivity index (χ0n) is 15.1. The third kappa shape index (κ3) is 3.91. The van der Waals surface area contributed by atoms with Crippen molar-refractivity contribution < 1.29 is 19.4 Å². The highest BCUT2D eigenvalue weighted by molar-refractivity contribution is 7.12. The van der Waals surface area contributed by atoms with Gasteiger partial charge >= 0.3 is 5.97 Å². The molecule has 0 saturated carbocycles. The van der Waals surface area contributed by atoms with Gasteiger partial charge in [0.05, 0.1) is 22.3 Å². The number of ether oxygens (including phenoxy) is 1. The Hall–Kier alpha value is -2.59. The molecule has 2 heterocycles. The predicted octanol–water partition coefficient (Wildman–Crippen LogP) is 2.26. The minimum atomic E-state index is -1.15. The van der Waals surface area contributed by atoms with Crippen molar-refractivity contribution in [2.24, 2.45) is 5.84 Å². The summed E-state index contributed by atoms with van der Waals surface area (Å²) in [5.41, 5.74) is 3.06. The summed E-state index contributed by atoms with van der Waals surface area (Å²) in [5, 5.41) is 12.0. The number of nitrogens with one attached hydrogen (secondary N) is 2. The van der Waals surface area contributed by atoms with Gasteiger partial charge in [-0.2, -0.15) is 0 Å². The second-order valence-corrected chi connectivity index (χ2v) is 7.77. The molecule has 0 saturated heterocycles. The highest BCUT2D eigenvalue weighted by Crippen LogP contribution is 2.27. The lowest BCUT2D eigenvalue weighted by Gasteiger charge is -2.19. The number of carbonyl (C=O) groups excluding carboxylic acids is 2. The number of rotatable bonds is 5.